The molecule has 0 amide bonds. The molecule has 0 fully saturated rings. The Morgan fingerprint density at radius 3 is 1.24 bits per heavy atom. The van der Waals surface area contributed by atoms with E-state index in [1.165, 1.54) is 6.33 Å². The zero-order valence-electron chi connectivity index (χ0n) is 22.1. The number of hydrogen-bond donors (Lipinski definition) is 11. The molecule has 0 radical (unpaired) electrons. The molecule has 0 aromatic carbocycles. The van der Waals surface area contributed by atoms with Gasteiger partial charge >= 0.3 is 5.97 Å². The second-order valence-electron chi connectivity index (χ2n) is 6.15. The molecule has 1 rings (SSSR count). The first kappa shape index (κ1) is 47.1. The molecule has 18 heteroatoms. The van der Waals surface area contributed by atoms with E-state index in [9.17, 15) is 4.79 Å². The molecule has 0 aliphatic heterocycles. The third kappa shape index (κ3) is 137. The van der Waals surface area contributed by atoms with Crippen LogP contribution in [0.25, 0.3) is 0 Å². The first-order valence-electron chi connectivity index (χ1n) is 10.3. The molecule has 18 nitrogen and oxygen atoms in total. The number of nitrogens with two attached hydrogens (primary N) is 3. The fourth-order valence-corrected chi connectivity index (χ4v) is 1.05. The van der Waals surface area contributed by atoms with Crippen LogP contribution in [-0.4, -0.2) is 109 Å². The quantitative estimate of drug-likeness (QED) is 0.166. The van der Waals surface area contributed by atoms with E-state index in [1.54, 1.807) is 6.20 Å². The number of nitrogens with one attached hydrogen (secondary N) is 2. The SMILES string of the molecule is CC(=O)O.CC(=O)O.CC(=O)O.CC(=O)O.CC(=O)O.NC(Cc1cnc[nH]1)C(=O)O.NCCNCCN. The summed E-state index contributed by atoms with van der Waals surface area (Å²) in [5.74, 6) is -5.17. The zero-order chi connectivity index (χ0) is 31.7. The van der Waals surface area contributed by atoms with E-state index in [4.69, 9.17) is 71.8 Å². The summed E-state index contributed by atoms with van der Waals surface area (Å²) in [4.78, 5) is 61.8. The third-order valence-electron chi connectivity index (χ3n) is 1.95. The van der Waals surface area contributed by atoms with Crippen molar-refractivity contribution in [2.75, 3.05) is 26.2 Å². The molecule has 224 valence electrons. The van der Waals surface area contributed by atoms with Crippen molar-refractivity contribution in [1.82, 2.24) is 15.3 Å². The van der Waals surface area contributed by atoms with E-state index in [-0.39, 0.29) is 6.42 Å². The second-order valence-corrected chi connectivity index (χ2v) is 6.15. The Labute approximate surface area is 219 Å². The standard InChI is InChI=1S/C6H9N3O2.C4H13N3.5C2H4O2/c7-5(6(10)11)1-4-2-8-3-9-4;5-1-3-7-4-2-6;5*1-2(3)4/h2-3,5H,1,7H2,(H,8,9)(H,10,11);7H,1-6H2;5*1H3,(H,3,4). The fraction of sp³-hybridized carbons (Fsp3) is 0.550. The van der Waals surface area contributed by atoms with Crippen LogP contribution in [0.2, 0.25) is 0 Å². The third-order valence-corrected chi connectivity index (χ3v) is 1.95. The highest BCUT2D eigenvalue weighted by molar-refractivity contribution is 5.73. The summed E-state index contributed by atoms with van der Waals surface area (Å²) >= 11 is 0. The summed E-state index contributed by atoms with van der Waals surface area (Å²) < 4.78 is 0. The Bertz CT molecular complexity index is 636. The summed E-state index contributed by atoms with van der Waals surface area (Å²) in [6, 6.07) is -0.851. The number of aliphatic carboxylic acids is 6. The van der Waals surface area contributed by atoms with Gasteiger partial charge in [0.2, 0.25) is 0 Å². The maximum Gasteiger partial charge on any atom is 0.320 e. The van der Waals surface area contributed by atoms with E-state index in [2.05, 4.69) is 15.3 Å². The molecule has 1 heterocycles. The van der Waals surface area contributed by atoms with Crippen LogP contribution in [-0.2, 0) is 35.2 Å². The van der Waals surface area contributed by atoms with Crippen molar-refractivity contribution in [2.24, 2.45) is 17.2 Å². The molecule has 14 N–H and O–H groups in total. The molecule has 38 heavy (non-hydrogen) atoms. The van der Waals surface area contributed by atoms with E-state index in [0.717, 1.165) is 53.4 Å². The zero-order valence-corrected chi connectivity index (χ0v) is 22.1. The number of carbonyl (C=O) groups is 6. The number of carboxylic acid groups (broad SMARTS) is 6. The van der Waals surface area contributed by atoms with Gasteiger partial charge < -0.3 is 58.1 Å². The average Bonchev–Trinajstić information content (AvgIpc) is 3.20. The Morgan fingerprint density at radius 2 is 1.05 bits per heavy atom. The van der Waals surface area contributed by atoms with Gasteiger partial charge in [0.25, 0.3) is 29.8 Å². The number of imidazole rings is 1. The van der Waals surface area contributed by atoms with Crippen LogP contribution in [0.5, 0.6) is 0 Å². The van der Waals surface area contributed by atoms with Crippen LogP contribution in [0.4, 0.5) is 0 Å². The van der Waals surface area contributed by atoms with Gasteiger partial charge in [0, 0.05) is 79.1 Å². The Hall–Kier alpha value is -4.13. The average molecular weight is 559 g/mol. The van der Waals surface area contributed by atoms with Gasteiger partial charge in [0.1, 0.15) is 6.04 Å². The molecule has 1 aromatic rings. The molecule has 0 aliphatic rings. The van der Waals surface area contributed by atoms with Crippen LogP contribution in [0.1, 0.15) is 40.3 Å². The van der Waals surface area contributed by atoms with Gasteiger partial charge in [0.15, 0.2) is 0 Å². The monoisotopic (exact) mass is 558 g/mol. The molecule has 1 atom stereocenters. The van der Waals surface area contributed by atoms with Gasteiger partial charge in [-0.05, 0) is 0 Å². The number of aromatic nitrogens is 2. The number of nitrogens with zero attached hydrogens (tertiary/aromatic N) is 1. The Morgan fingerprint density at radius 1 is 0.763 bits per heavy atom. The number of carboxylic acids is 6. The number of aromatic amines is 1. The predicted octanol–water partition coefficient (Wildman–Crippen LogP) is -1.69. The lowest BCUT2D eigenvalue weighted by molar-refractivity contribution is -0.139. The van der Waals surface area contributed by atoms with E-state index in [0.29, 0.717) is 13.1 Å². The van der Waals surface area contributed by atoms with Crippen molar-refractivity contribution in [2.45, 2.75) is 47.1 Å². The highest BCUT2D eigenvalue weighted by atomic mass is 16.4. The fourth-order valence-electron chi connectivity index (χ4n) is 1.05. The van der Waals surface area contributed by atoms with Crippen molar-refractivity contribution in [3.8, 4) is 0 Å². The summed E-state index contributed by atoms with van der Waals surface area (Å²) in [6.45, 7) is 8.55. The second kappa shape index (κ2) is 37.4. The highest BCUT2D eigenvalue weighted by Crippen LogP contribution is 1.95. The Balaban J connectivity index is -0.0000000834. The molecule has 0 bridgehead atoms. The molecule has 0 saturated carbocycles. The van der Waals surface area contributed by atoms with Crippen LogP contribution < -0.4 is 22.5 Å². The van der Waals surface area contributed by atoms with Gasteiger partial charge in [-0.2, -0.15) is 0 Å². The smallest absolute Gasteiger partial charge is 0.320 e. The lowest BCUT2D eigenvalue weighted by Crippen LogP contribution is -2.32. The van der Waals surface area contributed by atoms with Crippen molar-refractivity contribution < 1.29 is 59.4 Å². The Kier molecular flexibility index (Phi) is 46.4. The molecular weight excluding hydrogens is 516 g/mol. The molecule has 0 spiro atoms. The number of hydrogen-bond acceptors (Lipinski definition) is 11. The van der Waals surface area contributed by atoms with Gasteiger partial charge in [-0.1, -0.05) is 0 Å². The minimum atomic E-state index is -1.00. The van der Waals surface area contributed by atoms with Crippen LogP contribution in [0.3, 0.4) is 0 Å². The van der Waals surface area contributed by atoms with Crippen molar-refractivity contribution in [3.05, 3.63) is 18.2 Å². The lowest BCUT2D eigenvalue weighted by atomic mass is 10.2. The normalized spacial score (nSPS) is 8.74. The topological polar surface area (TPSA) is 343 Å². The summed E-state index contributed by atoms with van der Waals surface area (Å²) in [7, 11) is 0. The van der Waals surface area contributed by atoms with Crippen LogP contribution in [0.15, 0.2) is 12.5 Å². The molecular formula is C20H42N6O12. The van der Waals surface area contributed by atoms with Crippen molar-refractivity contribution in [3.63, 3.8) is 0 Å². The summed E-state index contributed by atoms with van der Waals surface area (Å²) in [5, 5.41) is 48.5. The van der Waals surface area contributed by atoms with E-state index >= 15 is 0 Å². The van der Waals surface area contributed by atoms with E-state index < -0.39 is 41.9 Å². The van der Waals surface area contributed by atoms with Crippen molar-refractivity contribution >= 4 is 35.8 Å². The maximum atomic E-state index is 10.3. The molecule has 0 saturated heterocycles. The van der Waals surface area contributed by atoms with Gasteiger partial charge in [0.05, 0.1) is 6.33 Å². The lowest BCUT2D eigenvalue weighted by Gasteiger charge is -2.02. The minimum absolute atomic E-state index is 0.287. The van der Waals surface area contributed by atoms with Crippen LogP contribution in [0, 0.1) is 0 Å². The minimum Gasteiger partial charge on any atom is -0.481 e. The number of H-pyrrole nitrogens is 1. The van der Waals surface area contributed by atoms with Crippen LogP contribution >= 0.6 is 0 Å². The first-order valence-corrected chi connectivity index (χ1v) is 10.3. The largest absolute Gasteiger partial charge is 0.481 e. The highest BCUT2D eigenvalue weighted by Gasteiger charge is 2.12. The molecule has 1 aromatic heterocycles. The first-order chi connectivity index (χ1) is 17.3. The maximum absolute atomic E-state index is 10.3. The van der Waals surface area contributed by atoms with Gasteiger partial charge in [-0.25, -0.2) is 4.98 Å². The predicted molar refractivity (Wildman–Crippen MR) is 135 cm³/mol. The van der Waals surface area contributed by atoms with Gasteiger partial charge in [-0.3, -0.25) is 28.8 Å². The van der Waals surface area contributed by atoms with Gasteiger partial charge in [-0.15, -0.1) is 0 Å². The van der Waals surface area contributed by atoms with Crippen molar-refractivity contribution in [1.29, 1.82) is 0 Å². The summed E-state index contributed by atoms with van der Waals surface area (Å²) in [5.41, 5.74) is 16.3. The number of rotatable bonds is 7. The summed E-state index contributed by atoms with van der Waals surface area (Å²) in [6.07, 6.45) is 3.34. The molecule has 1 unspecified atom stereocenters. The molecule has 0 aliphatic carbocycles. The van der Waals surface area contributed by atoms with E-state index in [1.807, 2.05) is 0 Å².